The van der Waals surface area contributed by atoms with Crippen molar-refractivity contribution in [1.29, 1.82) is 0 Å². The second-order valence-corrected chi connectivity index (χ2v) is 8.28. The normalized spacial score (nSPS) is 11.7. The summed E-state index contributed by atoms with van der Waals surface area (Å²) in [6.45, 7) is 3.71. The Morgan fingerprint density at radius 2 is 2.19 bits per heavy atom. The number of halogens is 1. The van der Waals surface area contributed by atoms with Gasteiger partial charge in [-0.3, -0.25) is 4.99 Å². The second-order valence-electron chi connectivity index (χ2n) is 4.54. The Kier molecular flexibility index (Phi) is 6.20. The fourth-order valence-electron chi connectivity index (χ4n) is 1.88. The molecular formula is C14H19BrN4S2. The van der Waals surface area contributed by atoms with E-state index >= 15 is 0 Å². The number of nitrogens with one attached hydrogen (secondary N) is 1. The molecule has 0 aliphatic carbocycles. The van der Waals surface area contributed by atoms with Crippen molar-refractivity contribution in [3.05, 3.63) is 36.9 Å². The molecule has 0 atom stereocenters. The molecule has 0 saturated carbocycles. The molecule has 0 spiro atoms. The molecule has 0 radical (unpaired) electrons. The molecule has 1 N–H and O–H groups in total. The van der Waals surface area contributed by atoms with Gasteiger partial charge in [0.25, 0.3) is 0 Å². The lowest BCUT2D eigenvalue weighted by Gasteiger charge is -2.21. The SMILES string of the molecule is CCc1cnc(CNC(=NC)N(C)Cc2ccc(Br)s2)s1. The minimum absolute atomic E-state index is 0.718. The molecular weight excluding hydrogens is 368 g/mol. The molecule has 0 aliphatic heterocycles. The molecule has 2 aromatic heterocycles. The van der Waals surface area contributed by atoms with E-state index in [-0.39, 0.29) is 0 Å². The van der Waals surface area contributed by atoms with E-state index in [1.165, 1.54) is 9.75 Å². The van der Waals surface area contributed by atoms with Gasteiger partial charge in [-0.05, 0) is 34.5 Å². The highest BCUT2D eigenvalue weighted by Crippen LogP contribution is 2.23. The summed E-state index contributed by atoms with van der Waals surface area (Å²) in [6, 6.07) is 4.21. The monoisotopic (exact) mass is 386 g/mol. The molecule has 2 heterocycles. The Morgan fingerprint density at radius 3 is 2.76 bits per heavy atom. The van der Waals surface area contributed by atoms with Crippen LogP contribution >= 0.6 is 38.6 Å². The number of hydrogen-bond acceptors (Lipinski definition) is 4. The molecule has 0 aliphatic rings. The minimum Gasteiger partial charge on any atom is -0.350 e. The average molecular weight is 387 g/mol. The maximum absolute atomic E-state index is 4.42. The topological polar surface area (TPSA) is 40.5 Å². The van der Waals surface area contributed by atoms with Crippen LogP contribution in [0.5, 0.6) is 0 Å². The number of guanidine groups is 1. The lowest BCUT2D eigenvalue weighted by molar-refractivity contribution is 0.481. The molecule has 0 unspecified atom stereocenters. The fraction of sp³-hybridized carbons (Fsp3) is 0.429. The summed E-state index contributed by atoms with van der Waals surface area (Å²) >= 11 is 6.99. The Labute approximate surface area is 142 Å². The van der Waals surface area contributed by atoms with E-state index in [4.69, 9.17) is 0 Å². The molecule has 7 heteroatoms. The highest BCUT2D eigenvalue weighted by molar-refractivity contribution is 9.11. The predicted octanol–water partition coefficient (Wildman–Crippen LogP) is 3.74. The third-order valence-electron chi connectivity index (χ3n) is 2.94. The van der Waals surface area contributed by atoms with Crippen LogP contribution in [0, 0.1) is 0 Å². The van der Waals surface area contributed by atoms with Gasteiger partial charge in [0, 0.05) is 30.0 Å². The molecule has 0 bridgehead atoms. The van der Waals surface area contributed by atoms with Crippen molar-refractivity contribution in [3.63, 3.8) is 0 Å². The zero-order chi connectivity index (χ0) is 15.2. The lowest BCUT2D eigenvalue weighted by Crippen LogP contribution is -2.37. The summed E-state index contributed by atoms with van der Waals surface area (Å²) in [7, 11) is 3.85. The molecule has 4 nitrogen and oxygen atoms in total. The van der Waals surface area contributed by atoms with E-state index in [2.05, 4.69) is 55.2 Å². The Morgan fingerprint density at radius 1 is 1.38 bits per heavy atom. The van der Waals surface area contributed by atoms with Crippen LogP contribution in [0.25, 0.3) is 0 Å². The fourth-order valence-corrected chi connectivity index (χ4v) is 4.22. The van der Waals surface area contributed by atoms with Crippen LogP contribution in [0.1, 0.15) is 21.7 Å². The zero-order valence-corrected chi connectivity index (χ0v) is 15.6. The van der Waals surface area contributed by atoms with Crippen molar-refractivity contribution >= 4 is 44.6 Å². The Balaban J connectivity index is 1.90. The quantitative estimate of drug-likeness (QED) is 0.628. The van der Waals surface area contributed by atoms with Crippen molar-refractivity contribution in [2.45, 2.75) is 26.4 Å². The molecule has 0 fully saturated rings. The number of rotatable bonds is 5. The second kappa shape index (κ2) is 7.91. The molecule has 21 heavy (non-hydrogen) atoms. The van der Waals surface area contributed by atoms with Gasteiger partial charge in [-0.2, -0.15) is 0 Å². The summed E-state index contributed by atoms with van der Waals surface area (Å²) < 4.78 is 1.16. The number of thiophene rings is 1. The van der Waals surface area contributed by atoms with E-state index in [0.717, 1.165) is 34.3 Å². The standard InChI is InChI=1S/C14H19BrN4S2/c1-4-10-7-17-13(21-10)8-18-14(16-2)19(3)9-11-5-6-12(15)20-11/h5-7H,4,8-9H2,1-3H3,(H,16,18). The van der Waals surface area contributed by atoms with E-state index in [0.29, 0.717) is 0 Å². The van der Waals surface area contributed by atoms with Crippen molar-refractivity contribution in [3.8, 4) is 0 Å². The van der Waals surface area contributed by atoms with Crippen LogP contribution in [-0.4, -0.2) is 29.9 Å². The van der Waals surface area contributed by atoms with Gasteiger partial charge >= 0.3 is 0 Å². The summed E-state index contributed by atoms with van der Waals surface area (Å²) in [6.07, 6.45) is 3.00. The summed E-state index contributed by atoms with van der Waals surface area (Å²) in [5, 5.41) is 4.46. The van der Waals surface area contributed by atoms with E-state index in [1.54, 1.807) is 22.7 Å². The van der Waals surface area contributed by atoms with Crippen LogP contribution in [-0.2, 0) is 19.5 Å². The van der Waals surface area contributed by atoms with E-state index in [9.17, 15) is 0 Å². The minimum atomic E-state index is 0.718. The average Bonchev–Trinajstić information content (AvgIpc) is 3.08. The highest BCUT2D eigenvalue weighted by atomic mass is 79.9. The number of aliphatic imine (C=N–C) groups is 1. The molecule has 0 saturated heterocycles. The van der Waals surface area contributed by atoms with Crippen molar-refractivity contribution < 1.29 is 0 Å². The Bertz CT molecular complexity index is 606. The molecule has 2 aromatic rings. The molecule has 0 aromatic carbocycles. The number of hydrogen-bond donors (Lipinski definition) is 1. The van der Waals surface area contributed by atoms with Gasteiger partial charge in [0.1, 0.15) is 5.01 Å². The maximum atomic E-state index is 4.42. The molecule has 114 valence electrons. The van der Waals surface area contributed by atoms with Crippen molar-refractivity contribution in [1.82, 2.24) is 15.2 Å². The maximum Gasteiger partial charge on any atom is 0.194 e. The third kappa shape index (κ3) is 4.79. The first-order valence-electron chi connectivity index (χ1n) is 6.72. The zero-order valence-electron chi connectivity index (χ0n) is 12.4. The number of aromatic nitrogens is 1. The van der Waals surface area contributed by atoms with Gasteiger partial charge in [-0.1, -0.05) is 6.92 Å². The van der Waals surface area contributed by atoms with Crippen LogP contribution in [0.2, 0.25) is 0 Å². The first kappa shape index (κ1) is 16.5. The predicted molar refractivity (Wildman–Crippen MR) is 95.2 cm³/mol. The Hall–Kier alpha value is -0.920. The van der Waals surface area contributed by atoms with Crippen LogP contribution < -0.4 is 5.32 Å². The van der Waals surface area contributed by atoms with E-state index in [1.807, 2.05) is 20.3 Å². The third-order valence-corrected chi connectivity index (χ3v) is 5.69. The summed E-state index contributed by atoms with van der Waals surface area (Å²) in [5.74, 6) is 0.882. The molecule has 2 rings (SSSR count). The van der Waals surface area contributed by atoms with Gasteiger partial charge in [0.2, 0.25) is 0 Å². The number of thiazole rings is 1. The largest absolute Gasteiger partial charge is 0.350 e. The van der Waals surface area contributed by atoms with Gasteiger partial charge in [0.05, 0.1) is 16.9 Å². The number of nitrogens with zero attached hydrogens (tertiary/aromatic N) is 3. The smallest absolute Gasteiger partial charge is 0.194 e. The first-order valence-corrected chi connectivity index (χ1v) is 9.14. The van der Waals surface area contributed by atoms with Gasteiger partial charge < -0.3 is 10.2 Å². The van der Waals surface area contributed by atoms with Crippen LogP contribution in [0.3, 0.4) is 0 Å². The van der Waals surface area contributed by atoms with Crippen molar-refractivity contribution in [2.75, 3.05) is 14.1 Å². The molecule has 0 amide bonds. The highest BCUT2D eigenvalue weighted by Gasteiger charge is 2.09. The van der Waals surface area contributed by atoms with E-state index < -0.39 is 0 Å². The van der Waals surface area contributed by atoms with Crippen LogP contribution in [0.15, 0.2) is 27.1 Å². The van der Waals surface area contributed by atoms with Gasteiger partial charge in [-0.15, -0.1) is 22.7 Å². The van der Waals surface area contributed by atoms with Gasteiger partial charge in [0.15, 0.2) is 5.96 Å². The van der Waals surface area contributed by atoms with Crippen LogP contribution in [0.4, 0.5) is 0 Å². The van der Waals surface area contributed by atoms with Gasteiger partial charge in [-0.25, -0.2) is 4.98 Å². The lowest BCUT2D eigenvalue weighted by atomic mass is 10.4. The summed E-state index contributed by atoms with van der Waals surface area (Å²) in [4.78, 5) is 13.5. The van der Waals surface area contributed by atoms with Crippen molar-refractivity contribution in [2.24, 2.45) is 4.99 Å². The first-order chi connectivity index (χ1) is 10.1. The summed E-state index contributed by atoms with van der Waals surface area (Å²) in [5.41, 5.74) is 0. The number of aryl methyl sites for hydroxylation is 1.